The molecule has 0 aliphatic rings. The van der Waals surface area contributed by atoms with Crippen molar-refractivity contribution >= 4 is 17.4 Å². The summed E-state index contributed by atoms with van der Waals surface area (Å²) >= 11 is 0. The van der Waals surface area contributed by atoms with Gasteiger partial charge in [0, 0.05) is 23.4 Å². The molecule has 6 nitrogen and oxygen atoms in total. The molecule has 148 valence electrons. The maximum Gasteiger partial charge on any atom is 0.339 e. The van der Waals surface area contributed by atoms with Crippen LogP contribution in [-0.2, 0) is 11.3 Å². The summed E-state index contributed by atoms with van der Waals surface area (Å²) in [6.07, 6.45) is 1.65. The summed E-state index contributed by atoms with van der Waals surface area (Å²) in [6.45, 7) is 1.73. The lowest BCUT2D eigenvalue weighted by atomic mass is 9.98. The molecule has 0 radical (unpaired) electrons. The predicted molar refractivity (Wildman–Crippen MR) is 112 cm³/mol. The third-order valence-electron chi connectivity index (χ3n) is 4.65. The standard InChI is InChI=1S/C24H18N2O4/c1-16-11-12-26-21(13-16)25-18(14-22(26)27)15-30-24(29)20-10-6-5-9-19(20)23(28)17-7-3-2-4-8-17/h2-14H,15H2,1H3. The van der Waals surface area contributed by atoms with Gasteiger partial charge in [-0.1, -0.05) is 48.5 Å². The first-order valence-corrected chi connectivity index (χ1v) is 9.38. The largest absolute Gasteiger partial charge is 0.456 e. The second-order valence-electron chi connectivity index (χ2n) is 6.83. The van der Waals surface area contributed by atoms with Gasteiger partial charge in [0.2, 0.25) is 0 Å². The molecular weight excluding hydrogens is 380 g/mol. The number of ether oxygens (including phenoxy) is 1. The fraction of sp³-hybridized carbons (Fsp3) is 0.0833. The zero-order valence-corrected chi connectivity index (χ0v) is 16.2. The SMILES string of the molecule is Cc1ccn2c(=O)cc(COC(=O)c3ccccc3C(=O)c3ccccc3)nc2c1. The Kier molecular flexibility index (Phi) is 5.22. The number of hydrogen-bond acceptors (Lipinski definition) is 5. The highest BCUT2D eigenvalue weighted by molar-refractivity contribution is 6.14. The Morgan fingerprint density at radius 1 is 0.933 bits per heavy atom. The summed E-state index contributed by atoms with van der Waals surface area (Å²) in [4.78, 5) is 42.1. The highest BCUT2D eigenvalue weighted by Crippen LogP contribution is 2.16. The topological polar surface area (TPSA) is 77.7 Å². The number of pyridine rings is 1. The molecule has 0 aliphatic heterocycles. The molecule has 0 atom stereocenters. The molecule has 0 N–H and O–H groups in total. The average molecular weight is 398 g/mol. The molecule has 6 heteroatoms. The molecule has 0 unspecified atom stereocenters. The molecule has 0 bridgehead atoms. The van der Waals surface area contributed by atoms with E-state index in [1.165, 1.54) is 10.5 Å². The Morgan fingerprint density at radius 3 is 2.40 bits per heavy atom. The number of carbonyl (C=O) groups is 2. The first kappa shape index (κ1) is 19.3. The summed E-state index contributed by atoms with van der Waals surface area (Å²) in [5.41, 5.74) is 2.43. The predicted octanol–water partition coefficient (Wildman–Crippen LogP) is 3.59. The Balaban J connectivity index is 1.58. The summed E-state index contributed by atoms with van der Waals surface area (Å²) in [5.74, 6) is -0.915. The van der Waals surface area contributed by atoms with Crippen LogP contribution < -0.4 is 5.56 Å². The summed E-state index contributed by atoms with van der Waals surface area (Å²) in [7, 11) is 0. The third kappa shape index (κ3) is 3.89. The summed E-state index contributed by atoms with van der Waals surface area (Å²) in [6, 6.07) is 20.2. The molecule has 2 heterocycles. The quantitative estimate of drug-likeness (QED) is 0.379. The molecule has 4 aromatic rings. The van der Waals surface area contributed by atoms with Crippen molar-refractivity contribution < 1.29 is 14.3 Å². The van der Waals surface area contributed by atoms with E-state index >= 15 is 0 Å². The van der Waals surface area contributed by atoms with E-state index in [1.807, 2.05) is 19.1 Å². The normalized spacial score (nSPS) is 10.7. The van der Waals surface area contributed by atoms with Crippen LogP contribution in [-0.4, -0.2) is 21.1 Å². The van der Waals surface area contributed by atoms with Crippen molar-refractivity contribution in [1.29, 1.82) is 0 Å². The molecule has 2 aromatic carbocycles. The molecule has 2 aromatic heterocycles. The molecule has 30 heavy (non-hydrogen) atoms. The maximum absolute atomic E-state index is 12.8. The van der Waals surface area contributed by atoms with Gasteiger partial charge in [0.1, 0.15) is 12.3 Å². The van der Waals surface area contributed by atoms with E-state index in [2.05, 4.69) is 4.98 Å². The van der Waals surface area contributed by atoms with Gasteiger partial charge in [-0.2, -0.15) is 0 Å². The lowest BCUT2D eigenvalue weighted by Gasteiger charge is -2.10. The van der Waals surface area contributed by atoms with Crippen molar-refractivity contribution in [2.24, 2.45) is 0 Å². The van der Waals surface area contributed by atoms with Crippen LogP contribution in [0.2, 0.25) is 0 Å². The number of aromatic nitrogens is 2. The second-order valence-corrected chi connectivity index (χ2v) is 6.83. The van der Waals surface area contributed by atoms with Crippen molar-refractivity contribution in [3.8, 4) is 0 Å². The summed E-state index contributed by atoms with van der Waals surface area (Å²) in [5, 5.41) is 0. The van der Waals surface area contributed by atoms with E-state index in [0.29, 0.717) is 16.9 Å². The fourth-order valence-electron chi connectivity index (χ4n) is 3.15. The van der Waals surface area contributed by atoms with Crippen LogP contribution in [0.5, 0.6) is 0 Å². The van der Waals surface area contributed by atoms with Crippen molar-refractivity contribution in [3.63, 3.8) is 0 Å². The average Bonchev–Trinajstić information content (AvgIpc) is 2.77. The molecule has 0 aliphatic carbocycles. The lowest BCUT2D eigenvalue weighted by molar-refractivity contribution is 0.0465. The molecule has 0 spiro atoms. The minimum atomic E-state index is -0.652. The summed E-state index contributed by atoms with van der Waals surface area (Å²) < 4.78 is 6.80. The minimum absolute atomic E-state index is 0.166. The number of hydrogen-bond donors (Lipinski definition) is 0. The van der Waals surface area contributed by atoms with Crippen LogP contribution in [0.1, 0.15) is 37.5 Å². The van der Waals surface area contributed by atoms with Crippen LogP contribution in [0, 0.1) is 6.92 Å². The van der Waals surface area contributed by atoms with Crippen molar-refractivity contribution in [1.82, 2.24) is 9.38 Å². The van der Waals surface area contributed by atoms with Gasteiger partial charge in [-0.05, 0) is 30.7 Å². The van der Waals surface area contributed by atoms with E-state index in [4.69, 9.17) is 4.74 Å². The van der Waals surface area contributed by atoms with Crippen molar-refractivity contribution in [2.45, 2.75) is 13.5 Å². The highest BCUT2D eigenvalue weighted by atomic mass is 16.5. The van der Waals surface area contributed by atoms with Gasteiger partial charge in [-0.15, -0.1) is 0 Å². The van der Waals surface area contributed by atoms with Gasteiger partial charge in [-0.3, -0.25) is 14.0 Å². The smallest absolute Gasteiger partial charge is 0.339 e. The molecule has 0 amide bonds. The van der Waals surface area contributed by atoms with Crippen LogP contribution >= 0.6 is 0 Å². The van der Waals surface area contributed by atoms with E-state index in [0.717, 1.165) is 5.56 Å². The highest BCUT2D eigenvalue weighted by Gasteiger charge is 2.19. The van der Waals surface area contributed by atoms with Gasteiger partial charge in [0.25, 0.3) is 5.56 Å². The fourth-order valence-corrected chi connectivity index (χ4v) is 3.15. The number of fused-ring (bicyclic) bond motifs is 1. The van der Waals surface area contributed by atoms with Crippen LogP contribution in [0.15, 0.2) is 83.8 Å². The first-order valence-electron chi connectivity index (χ1n) is 9.38. The van der Waals surface area contributed by atoms with E-state index in [-0.39, 0.29) is 29.1 Å². The van der Waals surface area contributed by atoms with Gasteiger partial charge >= 0.3 is 5.97 Å². The maximum atomic E-state index is 12.8. The van der Waals surface area contributed by atoms with Crippen molar-refractivity contribution in [3.05, 3.63) is 117 Å². The van der Waals surface area contributed by atoms with Crippen LogP contribution in [0.4, 0.5) is 0 Å². The van der Waals surface area contributed by atoms with E-state index in [9.17, 15) is 14.4 Å². The third-order valence-corrected chi connectivity index (χ3v) is 4.65. The monoisotopic (exact) mass is 398 g/mol. The minimum Gasteiger partial charge on any atom is -0.456 e. The number of aryl methyl sites for hydroxylation is 1. The number of nitrogens with zero attached hydrogens (tertiary/aromatic N) is 2. The Labute approximate surface area is 172 Å². The van der Waals surface area contributed by atoms with Crippen LogP contribution in [0.3, 0.4) is 0 Å². The van der Waals surface area contributed by atoms with Gasteiger partial charge in [-0.25, -0.2) is 9.78 Å². The molecule has 4 rings (SSSR count). The molecule has 0 saturated carbocycles. The number of carbonyl (C=O) groups excluding carboxylic acids is 2. The Morgan fingerprint density at radius 2 is 1.63 bits per heavy atom. The van der Waals surface area contributed by atoms with Gasteiger partial charge < -0.3 is 4.74 Å². The van der Waals surface area contributed by atoms with E-state index < -0.39 is 5.97 Å². The zero-order chi connectivity index (χ0) is 21.1. The Bertz CT molecular complexity index is 1310. The number of rotatable bonds is 5. The number of benzene rings is 2. The number of ketones is 1. The van der Waals surface area contributed by atoms with Gasteiger partial charge in [0.15, 0.2) is 5.78 Å². The lowest BCUT2D eigenvalue weighted by Crippen LogP contribution is -2.17. The second kappa shape index (κ2) is 8.13. The molecule has 0 saturated heterocycles. The van der Waals surface area contributed by atoms with Crippen LogP contribution in [0.25, 0.3) is 5.65 Å². The number of esters is 1. The molecular formula is C24H18N2O4. The van der Waals surface area contributed by atoms with Gasteiger partial charge in [0.05, 0.1) is 11.3 Å². The zero-order valence-electron chi connectivity index (χ0n) is 16.2. The Hall–Kier alpha value is -4.06. The first-order chi connectivity index (χ1) is 14.5. The van der Waals surface area contributed by atoms with E-state index in [1.54, 1.807) is 60.8 Å². The van der Waals surface area contributed by atoms with Crippen molar-refractivity contribution in [2.75, 3.05) is 0 Å². The molecule has 0 fully saturated rings.